The molecule has 1 saturated heterocycles. The normalized spacial score (nSPS) is 42.8. The van der Waals surface area contributed by atoms with E-state index in [1.165, 1.54) is 19.3 Å². The Morgan fingerprint density at radius 3 is 2.26 bits per heavy atom. The van der Waals surface area contributed by atoms with E-state index in [9.17, 15) is 4.79 Å². The Morgan fingerprint density at radius 1 is 1.15 bits per heavy atom. The first kappa shape index (κ1) is 17.5. The number of carbonyl (C=O) groups is 1. The molecular weight excluding hydrogens is 338 g/mol. The third-order valence-corrected chi connectivity index (χ3v) is 8.07. The number of carbonyl (C=O) groups excluding carboxylic acids is 1. The van der Waals surface area contributed by atoms with Gasteiger partial charge in [0.25, 0.3) is 0 Å². The van der Waals surface area contributed by atoms with Crippen molar-refractivity contribution in [3.05, 3.63) is 29.3 Å². The molecule has 0 spiro atoms. The van der Waals surface area contributed by atoms with Gasteiger partial charge in [0.15, 0.2) is 5.79 Å². The molecule has 0 aromatic heterocycles. The highest BCUT2D eigenvalue weighted by atomic mass is 16.5. The van der Waals surface area contributed by atoms with Crippen molar-refractivity contribution in [3.63, 3.8) is 0 Å². The Morgan fingerprint density at radius 2 is 1.74 bits per heavy atom. The van der Waals surface area contributed by atoms with E-state index in [0.29, 0.717) is 0 Å². The summed E-state index contributed by atoms with van der Waals surface area (Å²) >= 11 is 0. The van der Waals surface area contributed by atoms with Gasteiger partial charge in [0.2, 0.25) is 5.91 Å². The van der Waals surface area contributed by atoms with Crippen molar-refractivity contribution < 1.29 is 9.53 Å². The molecule has 5 nitrogen and oxygen atoms in total. The van der Waals surface area contributed by atoms with Crippen LogP contribution in [0.2, 0.25) is 0 Å². The fourth-order valence-corrected chi connectivity index (χ4v) is 7.14. The van der Waals surface area contributed by atoms with Gasteiger partial charge in [0.1, 0.15) is 11.8 Å². The molecule has 27 heavy (non-hydrogen) atoms. The maximum absolute atomic E-state index is 13.2. The highest BCUT2D eigenvalue weighted by Gasteiger charge is 2.64. The highest BCUT2D eigenvalue weighted by molar-refractivity contribution is 5.86. The number of ether oxygens (including phenoxy) is 1. The molecule has 5 heteroatoms. The maximum Gasteiger partial charge on any atom is 0.246 e. The monoisotopic (exact) mass is 369 g/mol. The average Bonchev–Trinajstić information content (AvgIpc) is 2.86. The molecule has 5 aliphatic rings. The Balaban J connectivity index is 1.49. The quantitative estimate of drug-likeness (QED) is 0.860. The van der Waals surface area contributed by atoms with Gasteiger partial charge in [-0.25, -0.2) is 0 Å². The van der Waals surface area contributed by atoms with Gasteiger partial charge in [0, 0.05) is 12.5 Å². The summed E-state index contributed by atoms with van der Waals surface area (Å²) in [7, 11) is 3.57. The third kappa shape index (κ3) is 2.34. The molecule has 0 radical (unpaired) electrons. The number of nitrogens with two attached hydrogens (primary N) is 1. The van der Waals surface area contributed by atoms with Gasteiger partial charge in [-0.1, -0.05) is 12.1 Å². The van der Waals surface area contributed by atoms with Crippen LogP contribution in [0.5, 0.6) is 5.75 Å². The van der Waals surface area contributed by atoms with Crippen LogP contribution in [0.1, 0.15) is 55.7 Å². The first-order valence-corrected chi connectivity index (χ1v) is 10.3. The van der Waals surface area contributed by atoms with E-state index >= 15 is 0 Å². The van der Waals surface area contributed by atoms with E-state index in [-0.39, 0.29) is 17.4 Å². The smallest absolute Gasteiger partial charge is 0.246 e. The number of aryl methyl sites for hydroxylation is 1. The third-order valence-electron chi connectivity index (χ3n) is 8.07. The lowest BCUT2D eigenvalue weighted by Gasteiger charge is -2.62. The van der Waals surface area contributed by atoms with Crippen LogP contribution in [-0.4, -0.2) is 30.8 Å². The number of hydrogen-bond acceptors (Lipinski definition) is 4. The van der Waals surface area contributed by atoms with Crippen molar-refractivity contribution in [1.29, 1.82) is 0 Å². The Hall–Kier alpha value is -1.59. The fraction of sp³-hybridized carbons (Fsp3) is 0.682. The number of hydrogen-bond donors (Lipinski definition) is 2. The highest BCUT2D eigenvalue weighted by Crippen LogP contribution is 2.64. The molecule has 3 N–H and O–H groups in total. The molecule has 2 atom stereocenters. The standard InChI is InChI=1S/C22H31N3O2/c1-13-6-17(4-5-18(13)27-3)19-20(26)25(2)22(23,24-19)21-10-14-7-15(11-21)9-16(8-14)12-21/h4-6,14-16,19,24H,7-12,23H2,1-3H3. The second kappa shape index (κ2) is 5.71. The minimum absolute atomic E-state index is 0.0163. The molecule has 1 heterocycles. The molecule has 4 saturated carbocycles. The molecule has 1 amide bonds. The lowest BCUT2D eigenvalue weighted by atomic mass is 9.47. The average molecular weight is 370 g/mol. The van der Waals surface area contributed by atoms with Crippen LogP contribution in [0.3, 0.4) is 0 Å². The summed E-state index contributed by atoms with van der Waals surface area (Å²) in [5.74, 6) is 2.56. The van der Waals surface area contributed by atoms with E-state index in [1.807, 2.05) is 37.1 Å². The van der Waals surface area contributed by atoms with E-state index in [2.05, 4.69) is 5.32 Å². The van der Waals surface area contributed by atoms with Gasteiger partial charge >= 0.3 is 0 Å². The molecular formula is C22H31N3O2. The molecule has 1 aromatic rings. The van der Waals surface area contributed by atoms with Gasteiger partial charge in [0.05, 0.1) is 7.11 Å². The zero-order valence-corrected chi connectivity index (χ0v) is 16.6. The largest absolute Gasteiger partial charge is 0.496 e. The molecule has 4 bridgehead atoms. The SMILES string of the molecule is COc1ccc(C2NC(N)(C34CC5CC(CC(C5)C3)C4)N(C)C2=O)cc1C. The van der Waals surface area contributed by atoms with Crippen molar-refractivity contribution in [3.8, 4) is 5.75 Å². The lowest BCUT2D eigenvalue weighted by Crippen LogP contribution is -2.72. The van der Waals surface area contributed by atoms with Crippen LogP contribution in [0, 0.1) is 30.1 Å². The van der Waals surface area contributed by atoms with E-state index in [1.54, 1.807) is 7.11 Å². The molecule has 1 aromatic carbocycles. The van der Waals surface area contributed by atoms with Gasteiger partial charge in [-0.3, -0.25) is 15.8 Å². The van der Waals surface area contributed by atoms with Crippen molar-refractivity contribution >= 4 is 5.91 Å². The number of likely N-dealkylation sites (N-methyl/N-ethyl adjacent to an activating group) is 1. The molecule has 146 valence electrons. The fourth-order valence-electron chi connectivity index (χ4n) is 7.14. The zero-order valence-electron chi connectivity index (χ0n) is 16.6. The predicted octanol–water partition coefficient (Wildman–Crippen LogP) is 2.94. The van der Waals surface area contributed by atoms with Crippen LogP contribution >= 0.6 is 0 Å². The van der Waals surface area contributed by atoms with Crippen LogP contribution in [0.4, 0.5) is 0 Å². The predicted molar refractivity (Wildman–Crippen MR) is 104 cm³/mol. The topological polar surface area (TPSA) is 67.6 Å². The number of benzene rings is 1. The summed E-state index contributed by atoms with van der Waals surface area (Å²) in [5, 5.41) is 3.62. The molecule has 4 aliphatic carbocycles. The number of methoxy groups -OCH3 is 1. The summed E-state index contributed by atoms with van der Waals surface area (Å²) in [6.07, 6.45) is 7.59. The Labute approximate surface area is 161 Å². The van der Waals surface area contributed by atoms with Crippen LogP contribution in [-0.2, 0) is 4.79 Å². The van der Waals surface area contributed by atoms with Crippen LogP contribution < -0.4 is 15.8 Å². The van der Waals surface area contributed by atoms with Crippen molar-refractivity contribution in [2.75, 3.05) is 14.2 Å². The van der Waals surface area contributed by atoms with Gasteiger partial charge in [-0.15, -0.1) is 0 Å². The lowest BCUT2D eigenvalue weighted by molar-refractivity contribution is -0.154. The summed E-state index contributed by atoms with van der Waals surface area (Å²) < 4.78 is 5.38. The number of rotatable bonds is 3. The zero-order chi connectivity index (χ0) is 19.0. The summed E-state index contributed by atoms with van der Waals surface area (Å²) in [6.45, 7) is 2.01. The van der Waals surface area contributed by atoms with Crippen molar-refractivity contribution in [2.45, 2.75) is 57.3 Å². The minimum Gasteiger partial charge on any atom is -0.496 e. The first-order valence-electron chi connectivity index (χ1n) is 10.3. The maximum atomic E-state index is 13.2. The Bertz CT molecular complexity index is 756. The number of nitrogens with zero attached hydrogens (tertiary/aromatic N) is 1. The van der Waals surface area contributed by atoms with E-state index in [4.69, 9.17) is 10.5 Å². The van der Waals surface area contributed by atoms with Gasteiger partial charge in [-0.05, 0) is 80.4 Å². The summed E-state index contributed by atoms with van der Waals surface area (Å²) in [6, 6.07) is 5.60. The number of nitrogens with one attached hydrogen (secondary N) is 1. The van der Waals surface area contributed by atoms with Crippen molar-refractivity contribution in [1.82, 2.24) is 10.2 Å². The number of amides is 1. The van der Waals surface area contributed by atoms with Gasteiger partial charge < -0.3 is 9.64 Å². The van der Waals surface area contributed by atoms with E-state index in [0.717, 1.165) is 53.9 Å². The summed E-state index contributed by atoms with van der Waals surface area (Å²) in [5.41, 5.74) is 9.11. The van der Waals surface area contributed by atoms with E-state index < -0.39 is 5.79 Å². The molecule has 1 aliphatic heterocycles. The second-order valence-electron chi connectivity index (χ2n) is 9.67. The van der Waals surface area contributed by atoms with Crippen molar-refractivity contribution in [2.24, 2.45) is 28.9 Å². The van der Waals surface area contributed by atoms with Crippen LogP contribution in [0.25, 0.3) is 0 Å². The van der Waals surface area contributed by atoms with Crippen LogP contribution in [0.15, 0.2) is 18.2 Å². The minimum atomic E-state index is -0.751. The Kier molecular flexibility index (Phi) is 3.70. The summed E-state index contributed by atoms with van der Waals surface area (Å²) in [4.78, 5) is 15.1. The first-order chi connectivity index (χ1) is 12.8. The van der Waals surface area contributed by atoms with Gasteiger partial charge in [-0.2, -0.15) is 0 Å². The molecule has 2 unspecified atom stereocenters. The molecule has 5 fully saturated rings. The molecule has 6 rings (SSSR count). The second-order valence-corrected chi connectivity index (χ2v) is 9.67.